The summed E-state index contributed by atoms with van der Waals surface area (Å²) in [6.45, 7) is 7.96. The highest BCUT2D eigenvalue weighted by Gasteiger charge is 2.55. The molecule has 6 aromatic rings. The number of amides is 2. The average Bonchev–Trinajstić information content (AvgIpc) is 3.84. The normalized spacial score (nSPS) is 16.0. The summed E-state index contributed by atoms with van der Waals surface area (Å²) >= 11 is 3.68. The minimum atomic E-state index is -1.68. The van der Waals surface area contributed by atoms with E-state index >= 15 is 0 Å². The number of thiazole rings is 1. The molecule has 2 unspecified atom stereocenters. The molecule has 4 aromatic carbocycles. The van der Waals surface area contributed by atoms with Gasteiger partial charge in [-0.15, -0.1) is 23.1 Å². The van der Waals surface area contributed by atoms with Crippen molar-refractivity contribution in [3.8, 4) is 11.6 Å². The van der Waals surface area contributed by atoms with Crippen LogP contribution in [0.1, 0.15) is 62.6 Å². The summed E-state index contributed by atoms with van der Waals surface area (Å²) in [4.78, 5) is 83.7. The number of esters is 2. The van der Waals surface area contributed by atoms with Crippen LogP contribution in [-0.4, -0.2) is 90.7 Å². The zero-order valence-corrected chi connectivity index (χ0v) is 43.5. The number of ether oxygens (including phenoxy) is 3. The zero-order chi connectivity index (χ0) is 52.1. The van der Waals surface area contributed by atoms with Crippen LogP contribution in [0.4, 0.5) is 5.13 Å². The van der Waals surface area contributed by atoms with Crippen molar-refractivity contribution in [2.75, 3.05) is 23.9 Å². The number of nitrogens with one attached hydrogen (secondary N) is 3. The predicted molar refractivity (Wildman–Crippen MR) is 278 cm³/mol. The first-order valence-electron chi connectivity index (χ1n) is 23.0. The first-order valence-corrected chi connectivity index (χ1v) is 25.9. The maximum absolute atomic E-state index is 14.7. The predicted octanol–water partition coefficient (Wildman–Crippen LogP) is 6.80. The maximum Gasteiger partial charge on any atom is 0.355 e. The molecule has 4 heterocycles. The number of carbonyl (C=O) groups excluding carboxylic acids is 4. The van der Waals surface area contributed by atoms with Gasteiger partial charge in [-0.05, 0) is 86.3 Å². The third-order valence-corrected chi connectivity index (χ3v) is 14.9. The van der Waals surface area contributed by atoms with Crippen molar-refractivity contribution in [1.29, 1.82) is 0 Å². The Morgan fingerprint density at radius 2 is 1.51 bits per heavy atom. The number of nitrogens with zero attached hydrogens (tertiary/aromatic N) is 4. The van der Waals surface area contributed by atoms with Crippen LogP contribution in [0, 0.1) is 0 Å². The van der Waals surface area contributed by atoms with Crippen molar-refractivity contribution < 1.29 is 47.9 Å². The number of β-lactam (4-membered cyclic amide) rings is 1. The summed E-state index contributed by atoms with van der Waals surface area (Å²) in [5.74, 6) is -2.24. The summed E-state index contributed by atoms with van der Waals surface area (Å²) < 4.78 is 18.1. The molecular weight excluding hydrogens is 991 g/mol. The van der Waals surface area contributed by atoms with E-state index in [9.17, 15) is 29.1 Å². The van der Waals surface area contributed by atoms with E-state index in [1.807, 2.05) is 91.0 Å². The fraction of sp³-hybridized carbons (Fsp3) is 0.283. The summed E-state index contributed by atoms with van der Waals surface area (Å²) in [5.41, 5.74) is -0.343. The molecule has 2 aromatic heterocycles. The van der Waals surface area contributed by atoms with E-state index in [-0.39, 0.29) is 41.1 Å². The van der Waals surface area contributed by atoms with E-state index in [1.54, 1.807) is 64.6 Å². The Kier molecular flexibility index (Phi) is 15.5. The third-order valence-electron chi connectivity index (χ3n) is 11.7. The second kappa shape index (κ2) is 21.7. The lowest BCUT2D eigenvalue weighted by molar-refractivity contribution is -0.718. The molecule has 1 saturated heterocycles. The van der Waals surface area contributed by atoms with Gasteiger partial charge in [0.15, 0.2) is 10.8 Å². The smallest absolute Gasteiger partial charge is 0.355 e. The SMILES string of the molecule is COc1ccc(COC(=O)C2=C(CSc3[nH]c(=O)cc(O)[n+]3C)CSC3C(NC(=O)/C(=N\OC(C)(C)C(=O)OC(C)(C)C)c4csc(NC(c5ccccc5)(c5ccccc5)c5ccccc5)n4)C(=O)N23)cc1. The molecule has 8 rings (SSSR count). The van der Waals surface area contributed by atoms with Crippen molar-refractivity contribution in [3.05, 3.63) is 176 Å². The number of aromatic hydroxyl groups is 1. The number of hydrogen-bond acceptors (Lipinski definition) is 16. The van der Waals surface area contributed by atoms with Crippen molar-refractivity contribution in [2.24, 2.45) is 12.2 Å². The number of carbonyl (C=O) groups is 4. The van der Waals surface area contributed by atoms with E-state index in [0.29, 0.717) is 27.2 Å². The Morgan fingerprint density at radius 3 is 2.08 bits per heavy atom. The zero-order valence-electron chi connectivity index (χ0n) is 41.0. The molecule has 378 valence electrons. The fourth-order valence-electron chi connectivity index (χ4n) is 7.95. The molecule has 1 fully saturated rings. The molecular formula is C53H54N7O10S3+. The van der Waals surface area contributed by atoms with Crippen LogP contribution in [0.25, 0.3) is 0 Å². The highest BCUT2D eigenvalue weighted by Crippen LogP contribution is 2.43. The van der Waals surface area contributed by atoms with Crippen LogP contribution in [0.15, 0.2) is 153 Å². The van der Waals surface area contributed by atoms with Crippen molar-refractivity contribution in [3.63, 3.8) is 0 Å². The highest BCUT2D eigenvalue weighted by atomic mass is 32.2. The first kappa shape index (κ1) is 51.9. The lowest BCUT2D eigenvalue weighted by Gasteiger charge is -2.49. The number of anilines is 1. The fourth-order valence-corrected chi connectivity index (χ4v) is 11.2. The molecule has 2 aliphatic heterocycles. The van der Waals surface area contributed by atoms with Crippen molar-refractivity contribution in [2.45, 2.75) is 74.5 Å². The van der Waals surface area contributed by atoms with Gasteiger partial charge in [-0.2, -0.15) is 4.57 Å². The minimum absolute atomic E-state index is 0.00398. The van der Waals surface area contributed by atoms with Crippen molar-refractivity contribution >= 4 is 69.5 Å². The van der Waals surface area contributed by atoms with E-state index < -0.39 is 57.5 Å². The van der Waals surface area contributed by atoms with Crippen LogP contribution in [-0.2, 0) is 52.7 Å². The van der Waals surface area contributed by atoms with Crippen LogP contribution in [0.2, 0.25) is 0 Å². The van der Waals surface area contributed by atoms with Gasteiger partial charge >= 0.3 is 22.7 Å². The van der Waals surface area contributed by atoms with E-state index in [1.165, 1.54) is 46.4 Å². The number of H-pyrrole nitrogens is 1. The number of benzene rings is 4. The van der Waals surface area contributed by atoms with Gasteiger partial charge in [0.05, 0.1) is 14.2 Å². The summed E-state index contributed by atoms with van der Waals surface area (Å²) in [6, 6.07) is 36.6. The minimum Gasteiger partial charge on any atom is -0.497 e. The standard InChI is InChI=1S/C53H53N7O10S3/c1-51(2,3)69-48(66)52(4,5)70-58-41(38-31-72-49(54-38)57-53(34-17-11-8-12-18-34,35-19-13-9-14-20-35)36-21-15-10-16-22-36)44(63)56-42-45(64)60-43(47(65)68-28-32-23-25-37(67-7)26-24-32)33(29-71-46(42)60)30-73-50-55-39(61)27-40(62)59(50)6/h8-27,31,42,46H,28-30H2,1-7H3,(H3,54,56,57,61,62,63)/p+1/b58-41-. The molecule has 4 N–H and O–H groups in total. The lowest BCUT2D eigenvalue weighted by Crippen LogP contribution is -2.71. The van der Waals surface area contributed by atoms with E-state index in [2.05, 4.69) is 20.8 Å². The van der Waals surface area contributed by atoms with Gasteiger partial charge in [0.25, 0.3) is 17.7 Å². The topological polar surface area (TPSA) is 215 Å². The molecule has 20 heteroatoms. The van der Waals surface area contributed by atoms with Gasteiger partial charge < -0.3 is 34.8 Å². The number of aromatic amines is 1. The van der Waals surface area contributed by atoms with Gasteiger partial charge in [-0.3, -0.25) is 14.5 Å². The van der Waals surface area contributed by atoms with Crippen LogP contribution in [0.5, 0.6) is 11.6 Å². The largest absolute Gasteiger partial charge is 0.497 e. The lowest BCUT2D eigenvalue weighted by atomic mass is 9.77. The molecule has 0 spiro atoms. The summed E-state index contributed by atoms with van der Waals surface area (Å²) in [7, 11) is 3.11. The molecule has 2 atom stereocenters. The number of thioether (sulfide) groups is 2. The molecule has 0 aliphatic carbocycles. The number of hydrogen-bond donors (Lipinski definition) is 4. The Hall–Kier alpha value is -7.42. The molecule has 0 radical (unpaired) electrons. The van der Waals surface area contributed by atoms with Crippen LogP contribution in [0.3, 0.4) is 0 Å². The first-order chi connectivity index (χ1) is 34.9. The Morgan fingerprint density at radius 1 is 0.904 bits per heavy atom. The Labute approximate surface area is 434 Å². The molecule has 0 bridgehead atoms. The van der Waals surface area contributed by atoms with Gasteiger partial charge in [-0.25, -0.2) is 24.4 Å². The van der Waals surface area contributed by atoms with E-state index in [0.717, 1.165) is 34.5 Å². The second-order valence-corrected chi connectivity index (χ2v) is 21.4. The molecule has 0 saturated carbocycles. The van der Waals surface area contributed by atoms with Gasteiger partial charge in [0.1, 0.15) is 52.4 Å². The number of rotatable bonds is 18. The average molecular weight is 1050 g/mol. The van der Waals surface area contributed by atoms with Crippen LogP contribution >= 0.6 is 34.9 Å². The molecule has 73 heavy (non-hydrogen) atoms. The Balaban J connectivity index is 1.11. The molecule has 2 amide bonds. The van der Waals surface area contributed by atoms with Gasteiger partial charge in [0.2, 0.25) is 5.60 Å². The quantitative estimate of drug-likeness (QED) is 0.0102. The Bertz CT molecular complexity index is 3030. The van der Waals surface area contributed by atoms with Crippen LogP contribution < -0.4 is 25.5 Å². The third kappa shape index (κ3) is 11.5. The van der Waals surface area contributed by atoms with Crippen molar-refractivity contribution in [1.82, 2.24) is 20.2 Å². The molecule has 2 aliphatic rings. The monoisotopic (exact) mass is 1040 g/mol. The van der Waals surface area contributed by atoms with Gasteiger partial charge in [-0.1, -0.05) is 108 Å². The van der Waals surface area contributed by atoms with E-state index in [4.69, 9.17) is 24.0 Å². The number of fused-ring (bicyclic) bond motifs is 1. The highest BCUT2D eigenvalue weighted by molar-refractivity contribution is 8.01. The summed E-state index contributed by atoms with van der Waals surface area (Å²) in [5, 5.41) is 22.7. The second-order valence-electron chi connectivity index (χ2n) is 18.4. The number of oxime groups is 1. The molecule has 17 nitrogen and oxygen atoms in total. The maximum atomic E-state index is 14.7. The summed E-state index contributed by atoms with van der Waals surface area (Å²) in [6.07, 6.45) is 0. The number of aromatic nitrogens is 3. The number of methoxy groups -OCH3 is 1. The van der Waals surface area contributed by atoms with Gasteiger partial charge in [0, 0.05) is 16.9 Å².